The van der Waals surface area contributed by atoms with E-state index in [2.05, 4.69) is 4.98 Å². The minimum atomic E-state index is -1.27. The Morgan fingerprint density at radius 3 is 2.25 bits per heavy atom. The maximum Gasteiger partial charge on any atom is 0.221 e. The van der Waals surface area contributed by atoms with Crippen LogP contribution < -0.4 is 4.74 Å². The van der Waals surface area contributed by atoms with Crippen molar-refractivity contribution in [2.45, 2.75) is 38.5 Å². The quantitative estimate of drug-likeness (QED) is 0.778. The molecular weight excluding hydrogens is 334 g/mol. The van der Waals surface area contributed by atoms with Crippen LogP contribution in [0.1, 0.15) is 39.3 Å². The summed E-state index contributed by atoms with van der Waals surface area (Å²) < 4.78 is 46.4. The molecule has 0 bridgehead atoms. The highest BCUT2D eigenvalue weighted by atomic mass is 32.2. The van der Waals surface area contributed by atoms with E-state index in [0.29, 0.717) is 16.3 Å². The van der Waals surface area contributed by atoms with Crippen LogP contribution in [-0.2, 0) is 11.4 Å². The van der Waals surface area contributed by atoms with Crippen molar-refractivity contribution in [1.82, 2.24) is 9.29 Å². The lowest BCUT2D eigenvalue weighted by Crippen LogP contribution is -2.41. The molecule has 2 rings (SSSR count). The van der Waals surface area contributed by atoms with Crippen LogP contribution in [0.4, 0.5) is 8.78 Å². The lowest BCUT2D eigenvalue weighted by atomic mass is 10.0. The highest BCUT2D eigenvalue weighted by Gasteiger charge is 2.34. The molecule has 1 heterocycles. The van der Waals surface area contributed by atoms with Gasteiger partial charge in [0.15, 0.2) is 11.6 Å². The van der Waals surface area contributed by atoms with Crippen molar-refractivity contribution in [3.05, 3.63) is 35.5 Å². The largest absolute Gasteiger partial charge is 0.597 e. The normalized spacial score (nSPS) is 14.9. The Morgan fingerprint density at radius 1 is 1.21 bits per heavy atom. The van der Waals surface area contributed by atoms with Gasteiger partial charge in [-0.3, -0.25) is 0 Å². The predicted octanol–water partition coefficient (Wildman–Crippen LogP) is 3.98. The maximum absolute atomic E-state index is 13.8. The fraction of sp³-hybridized carbons (Fsp3) is 0.471. The molecule has 0 saturated heterocycles. The Balaban J connectivity index is 2.58. The molecule has 0 N–H and O–H groups in total. The second-order valence-electron chi connectivity index (χ2n) is 6.62. The molecular formula is C17H22F2N2O2S. The van der Waals surface area contributed by atoms with E-state index < -0.39 is 27.7 Å². The Labute approximate surface area is 144 Å². The van der Waals surface area contributed by atoms with E-state index >= 15 is 0 Å². The molecule has 2 atom stereocenters. The third-order valence-corrected chi connectivity index (χ3v) is 5.78. The minimum absolute atomic E-state index is 0.222. The number of methoxy groups -OCH3 is 1. The number of pyridine rings is 1. The zero-order chi connectivity index (χ0) is 18.2. The minimum Gasteiger partial charge on any atom is -0.597 e. The number of benzene rings is 1. The molecule has 0 fully saturated rings. The van der Waals surface area contributed by atoms with Gasteiger partial charge in [-0.25, -0.2) is 13.8 Å². The molecule has 0 aliphatic rings. The average molecular weight is 356 g/mol. The number of nitrogens with zero attached hydrogens (tertiary/aromatic N) is 2. The summed E-state index contributed by atoms with van der Waals surface area (Å²) in [6.45, 7) is 7.50. The van der Waals surface area contributed by atoms with Gasteiger partial charge in [-0.05, 0) is 45.2 Å². The molecule has 0 radical (unpaired) electrons. The summed E-state index contributed by atoms with van der Waals surface area (Å²) in [6, 6.07) is 1.90. The van der Waals surface area contributed by atoms with E-state index in [0.717, 1.165) is 12.1 Å². The maximum atomic E-state index is 13.8. The highest BCUT2D eigenvalue weighted by molar-refractivity contribution is 7.90. The van der Waals surface area contributed by atoms with Crippen molar-refractivity contribution in [2.75, 3.05) is 14.2 Å². The Hall–Kier alpha value is -1.44. The van der Waals surface area contributed by atoms with Crippen molar-refractivity contribution in [3.8, 4) is 5.88 Å². The second kappa shape index (κ2) is 6.82. The van der Waals surface area contributed by atoms with Crippen LogP contribution in [0.15, 0.2) is 18.3 Å². The lowest BCUT2D eigenvalue weighted by Gasteiger charge is -2.34. The van der Waals surface area contributed by atoms with Crippen molar-refractivity contribution in [3.63, 3.8) is 0 Å². The van der Waals surface area contributed by atoms with Crippen LogP contribution in [0.25, 0.3) is 10.8 Å². The van der Waals surface area contributed by atoms with E-state index in [1.54, 1.807) is 17.5 Å². The van der Waals surface area contributed by atoms with E-state index in [4.69, 9.17) is 4.74 Å². The molecule has 1 aromatic carbocycles. The van der Waals surface area contributed by atoms with Crippen molar-refractivity contribution in [1.29, 1.82) is 0 Å². The van der Waals surface area contributed by atoms with Crippen LogP contribution in [0.2, 0.25) is 0 Å². The summed E-state index contributed by atoms with van der Waals surface area (Å²) in [5, 5.41) is 0.877. The zero-order valence-corrected chi connectivity index (χ0v) is 15.5. The Bertz CT molecular complexity index is 749. The molecule has 0 spiro atoms. The summed E-state index contributed by atoms with van der Waals surface area (Å²) in [7, 11) is 3.16. The van der Waals surface area contributed by atoms with Crippen LogP contribution in [0, 0.1) is 11.6 Å². The summed E-state index contributed by atoms with van der Waals surface area (Å²) in [6.07, 6.45) is 1.56. The molecule has 1 aromatic heterocycles. The first-order valence-electron chi connectivity index (χ1n) is 7.54. The Morgan fingerprint density at radius 2 is 1.75 bits per heavy atom. The molecule has 7 heteroatoms. The van der Waals surface area contributed by atoms with Gasteiger partial charge in [0.2, 0.25) is 5.88 Å². The standard InChI is InChI=1S/C17H22F2N2O2S/c1-10(21(5)24(22)17(2,3)4)13-9-20-16(23-6)12-8-15(19)14(18)7-11(12)13/h7-10H,1-6H3/t10-,24?/m1/s1. The van der Waals surface area contributed by atoms with Gasteiger partial charge in [0, 0.05) is 35.6 Å². The number of hydrogen-bond donors (Lipinski definition) is 0. The number of aromatic nitrogens is 1. The smallest absolute Gasteiger partial charge is 0.221 e. The van der Waals surface area contributed by atoms with Gasteiger partial charge in [0.05, 0.1) is 13.2 Å². The van der Waals surface area contributed by atoms with Gasteiger partial charge in [-0.15, -0.1) is 4.31 Å². The number of halogens is 2. The summed E-state index contributed by atoms with van der Waals surface area (Å²) >= 11 is -1.27. The van der Waals surface area contributed by atoms with Gasteiger partial charge < -0.3 is 9.29 Å². The van der Waals surface area contributed by atoms with Gasteiger partial charge in [0.25, 0.3) is 0 Å². The molecule has 4 nitrogen and oxygen atoms in total. The SMILES string of the molecule is COc1ncc([C@@H](C)N(C)[S+]([O-])C(C)(C)C)c2cc(F)c(F)cc12. The average Bonchev–Trinajstić information content (AvgIpc) is 2.52. The number of rotatable bonds is 4. The number of fused-ring (bicyclic) bond motifs is 1. The van der Waals surface area contributed by atoms with Gasteiger partial charge in [0.1, 0.15) is 4.75 Å². The molecule has 132 valence electrons. The Kier molecular flexibility index (Phi) is 5.37. The highest BCUT2D eigenvalue weighted by Crippen LogP contribution is 2.35. The van der Waals surface area contributed by atoms with Crippen LogP contribution >= 0.6 is 0 Å². The second-order valence-corrected chi connectivity index (χ2v) is 8.92. The molecule has 0 aliphatic carbocycles. The number of hydrogen-bond acceptors (Lipinski definition) is 4. The summed E-state index contributed by atoms with van der Waals surface area (Å²) in [5.41, 5.74) is 0.657. The summed E-state index contributed by atoms with van der Waals surface area (Å²) in [5.74, 6) is -1.68. The predicted molar refractivity (Wildman–Crippen MR) is 92.3 cm³/mol. The molecule has 1 unspecified atom stereocenters. The zero-order valence-electron chi connectivity index (χ0n) is 14.7. The van der Waals surface area contributed by atoms with Crippen LogP contribution in [-0.4, -0.2) is 32.7 Å². The van der Waals surface area contributed by atoms with Crippen molar-refractivity contribution < 1.29 is 18.1 Å². The third-order valence-electron chi connectivity index (χ3n) is 3.90. The fourth-order valence-corrected chi connectivity index (χ4v) is 3.76. The number of ether oxygens (including phenoxy) is 1. The fourth-order valence-electron chi connectivity index (χ4n) is 2.50. The van der Waals surface area contributed by atoms with E-state index in [9.17, 15) is 13.3 Å². The van der Waals surface area contributed by atoms with E-state index in [1.165, 1.54) is 7.11 Å². The third kappa shape index (κ3) is 3.48. The van der Waals surface area contributed by atoms with Crippen molar-refractivity contribution in [2.24, 2.45) is 0 Å². The summed E-state index contributed by atoms with van der Waals surface area (Å²) in [4.78, 5) is 4.18. The van der Waals surface area contributed by atoms with Crippen LogP contribution in [0.3, 0.4) is 0 Å². The van der Waals surface area contributed by atoms with E-state index in [-0.39, 0.29) is 11.9 Å². The molecule has 24 heavy (non-hydrogen) atoms. The monoisotopic (exact) mass is 356 g/mol. The van der Waals surface area contributed by atoms with E-state index in [1.807, 2.05) is 27.7 Å². The van der Waals surface area contributed by atoms with Gasteiger partial charge >= 0.3 is 0 Å². The van der Waals surface area contributed by atoms with Gasteiger partial charge in [-0.1, -0.05) is 0 Å². The van der Waals surface area contributed by atoms with Gasteiger partial charge in [-0.2, -0.15) is 0 Å². The first-order chi connectivity index (χ1) is 11.1. The molecule has 0 amide bonds. The molecule has 0 aliphatic heterocycles. The molecule has 2 aromatic rings. The first kappa shape index (κ1) is 18.9. The topological polar surface area (TPSA) is 48.4 Å². The van der Waals surface area contributed by atoms with Crippen molar-refractivity contribution >= 4 is 22.1 Å². The van der Waals surface area contributed by atoms with Crippen LogP contribution in [0.5, 0.6) is 5.88 Å². The molecule has 0 saturated carbocycles. The first-order valence-corrected chi connectivity index (χ1v) is 8.65. The lowest BCUT2D eigenvalue weighted by molar-refractivity contribution is 0.381.